The quantitative estimate of drug-likeness (QED) is 0.235. The Hall–Kier alpha value is -2.68. The van der Waals surface area contributed by atoms with E-state index in [4.69, 9.17) is 0 Å². The maximum absolute atomic E-state index is 4.58. The molecular weight excluding hydrogens is 581 g/mol. The van der Waals surface area contributed by atoms with Gasteiger partial charge >= 0.3 is 0 Å². The number of halogens is 1. The molecule has 1 atom stereocenters. The maximum Gasteiger partial charge on any atom is 0.102 e. The fourth-order valence-corrected chi connectivity index (χ4v) is 6.46. The third kappa shape index (κ3) is 4.87. The van der Waals surface area contributed by atoms with Crippen molar-refractivity contribution in [1.82, 2.24) is 4.98 Å². The number of hydrogen-bond acceptors (Lipinski definition) is 5. The molecule has 0 fully saturated rings. The van der Waals surface area contributed by atoms with Crippen LogP contribution >= 0.6 is 47.5 Å². The van der Waals surface area contributed by atoms with Gasteiger partial charge in [0.05, 0.1) is 21.8 Å². The number of allylic oxidation sites excluding steroid dienone is 2. The van der Waals surface area contributed by atoms with Crippen molar-refractivity contribution < 1.29 is 0 Å². The maximum atomic E-state index is 4.58. The number of thioether (sulfide) groups is 2. The molecule has 35 heavy (non-hydrogen) atoms. The largest absolute Gasteiger partial charge is 0.369 e. The summed E-state index contributed by atoms with van der Waals surface area (Å²) in [4.78, 5) is 8.22. The minimum Gasteiger partial charge on any atom is -0.369 e. The van der Waals surface area contributed by atoms with Gasteiger partial charge < -0.3 is 10.2 Å². The topological polar surface area (TPSA) is 28.2 Å². The number of anilines is 3. The van der Waals surface area contributed by atoms with Gasteiger partial charge in [0.2, 0.25) is 0 Å². The SMILES string of the molecule is Cc1cccc2c1NC(C=C1C=C(Sc3ccccn3)N(c3ccccc3)c3ccccc31)S2.I. The Morgan fingerprint density at radius 1 is 0.914 bits per heavy atom. The Kier molecular flexibility index (Phi) is 7.22. The summed E-state index contributed by atoms with van der Waals surface area (Å²) in [6, 6.07) is 31.8. The molecule has 3 heterocycles. The summed E-state index contributed by atoms with van der Waals surface area (Å²) in [5.74, 6) is 0. The van der Waals surface area contributed by atoms with Crippen molar-refractivity contribution in [3.05, 3.63) is 126 Å². The van der Waals surface area contributed by atoms with E-state index < -0.39 is 0 Å². The van der Waals surface area contributed by atoms with Crippen molar-refractivity contribution in [1.29, 1.82) is 0 Å². The first-order valence-corrected chi connectivity index (χ1v) is 13.0. The number of benzene rings is 3. The summed E-state index contributed by atoms with van der Waals surface area (Å²) < 4.78 is 0. The molecule has 0 saturated carbocycles. The molecule has 0 amide bonds. The first-order chi connectivity index (χ1) is 16.8. The Morgan fingerprint density at radius 2 is 1.71 bits per heavy atom. The van der Waals surface area contributed by atoms with Gasteiger partial charge in [0.25, 0.3) is 0 Å². The van der Waals surface area contributed by atoms with Crippen LogP contribution in [0.25, 0.3) is 5.57 Å². The van der Waals surface area contributed by atoms with Crippen molar-refractivity contribution >= 4 is 70.1 Å². The second kappa shape index (κ2) is 10.5. The van der Waals surface area contributed by atoms with Gasteiger partial charge in [-0.1, -0.05) is 78.1 Å². The molecule has 0 aliphatic carbocycles. The zero-order chi connectivity index (χ0) is 22.9. The van der Waals surface area contributed by atoms with Crippen LogP contribution in [0, 0.1) is 6.92 Å². The number of para-hydroxylation sites is 3. The minimum absolute atomic E-state index is 0. The molecule has 0 spiro atoms. The molecule has 1 N–H and O–H groups in total. The van der Waals surface area contributed by atoms with E-state index in [0.29, 0.717) is 0 Å². The molecule has 3 nitrogen and oxygen atoms in total. The van der Waals surface area contributed by atoms with Crippen molar-refractivity contribution in [2.75, 3.05) is 10.2 Å². The fraction of sp³-hybridized carbons (Fsp3) is 0.0690. The first-order valence-electron chi connectivity index (χ1n) is 11.3. The highest BCUT2D eigenvalue weighted by Crippen LogP contribution is 2.47. The predicted octanol–water partition coefficient (Wildman–Crippen LogP) is 8.72. The van der Waals surface area contributed by atoms with Gasteiger partial charge in [0.15, 0.2) is 0 Å². The highest BCUT2D eigenvalue weighted by molar-refractivity contribution is 14.0. The standard InChI is InChI=1S/C29H23N3S2.HI/c1-20-10-9-15-25-29(20)31-27(33-25)18-21-19-28(34-26-16-7-8-17-30-26)32(22-11-3-2-4-12-22)24-14-6-5-13-23(21)24;/h2-19,27,31H,1H3;1H. The third-order valence-corrected chi connectivity index (χ3v) is 7.98. The Labute approximate surface area is 231 Å². The molecule has 1 aromatic heterocycles. The van der Waals surface area contributed by atoms with E-state index >= 15 is 0 Å². The smallest absolute Gasteiger partial charge is 0.102 e. The lowest BCUT2D eigenvalue weighted by atomic mass is 9.99. The number of rotatable bonds is 4. The van der Waals surface area contributed by atoms with Gasteiger partial charge in [-0.2, -0.15) is 0 Å². The van der Waals surface area contributed by atoms with Crippen LogP contribution in [0.15, 0.2) is 124 Å². The Bertz CT molecular complexity index is 1400. The Balaban J connectivity index is 0.00000253. The number of hydrogen-bond donors (Lipinski definition) is 1. The lowest BCUT2D eigenvalue weighted by Crippen LogP contribution is -2.20. The third-order valence-electron chi connectivity index (χ3n) is 5.92. The van der Waals surface area contributed by atoms with E-state index in [1.54, 1.807) is 11.8 Å². The van der Waals surface area contributed by atoms with Gasteiger partial charge in [0.1, 0.15) is 5.03 Å². The van der Waals surface area contributed by atoms with Crippen LogP contribution in [0.5, 0.6) is 0 Å². The van der Waals surface area contributed by atoms with E-state index in [0.717, 1.165) is 15.7 Å². The zero-order valence-corrected chi connectivity index (χ0v) is 23.1. The normalized spacial score (nSPS) is 17.2. The first kappa shape index (κ1) is 24.0. The van der Waals surface area contributed by atoms with Crippen LogP contribution in [0.4, 0.5) is 17.1 Å². The van der Waals surface area contributed by atoms with Gasteiger partial charge in [-0.25, -0.2) is 4.98 Å². The Morgan fingerprint density at radius 3 is 2.51 bits per heavy atom. The number of aromatic nitrogens is 1. The number of fused-ring (bicyclic) bond motifs is 2. The molecule has 3 aromatic carbocycles. The van der Waals surface area contributed by atoms with E-state index in [-0.39, 0.29) is 29.4 Å². The highest BCUT2D eigenvalue weighted by atomic mass is 127. The van der Waals surface area contributed by atoms with Gasteiger partial charge in [-0.3, -0.25) is 0 Å². The van der Waals surface area contributed by atoms with E-state index in [2.05, 4.69) is 113 Å². The van der Waals surface area contributed by atoms with Crippen LogP contribution < -0.4 is 10.2 Å². The lowest BCUT2D eigenvalue weighted by molar-refractivity contribution is 1.13. The average Bonchev–Trinajstić information content (AvgIpc) is 3.29. The molecule has 174 valence electrons. The molecule has 2 aliphatic heterocycles. The molecule has 4 aromatic rings. The summed E-state index contributed by atoms with van der Waals surface area (Å²) in [6.45, 7) is 2.16. The summed E-state index contributed by atoms with van der Waals surface area (Å²) >= 11 is 3.56. The lowest BCUT2D eigenvalue weighted by Gasteiger charge is -2.33. The monoisotopic (exact) mass is 605 g/mol. The van der Waals surface area contributed by atoms with Crippen molar-refractivity contribution in [2.24, 2.45) is 0 Å². The van der Waals surface area contributed by atoms with Gasteiger partial charge in [-0.05, 0) is 66.6 Å². The summed E-state index contributed by atoms with van der Waals surface area (Å²) in [7, 11) is 0. The molecule has 2 aliphatic rings. The highest BCUT2D eigenvalue weighted by Gasteiger charge is 2.27. The predicted molar refractivity (Wildman–Crippen MR) is 161 cm³/mol. The van der Waals surface area contributed by atoms with Gasteiger partial charge in [0, 0.05) is 22.3 Å². The van der Waals surface area contributed by atoms with Crippen LogP contribution in [0.3, 0.4) is 0 Å². The molecule has 0 bridgehead atoms. The molecule has 6 heteroatoms. The van der Waals surface area contributed by atoms with Crippen LogP contribution in [-0.4, -0.2) is 10.4 Å². The van der Waals surface area contributed by atoms with Crippen molar-refractivity contribution in [2.45, 2.75) is 22.2 Å². The molecule has 0 saturated heterocycles. The van der Waals surface area contributed by atoms with Crippen LogP contribution in [0.2, 0.25) is 0 Å². The second-order valence-corrected chi connectivity index (χ2v) is 10.4. The molecule has 0 radical (unpaired) electrons. The number of aryl methyl sites for hydroxylation is 1. The van der Waals surface area contributed by atoms with E-state index in [9.17, 15) is 0 Å². The van der Waals surface area contributed by atoms with Crippen LogP contribution in [-0.2, 0) is 0 Å². The number of nitrogens with one attached hydrogen (secondary N) is 1. The van der Waals surface area contributed by atoms with Crippen LogP contribution in [0.1, 0.15) is 11.1 Å². The minimum atomic E-state index is 0. The molecule has 6 rings (SSSR count). The summed E-state index contributed by atoms with van der Waals surface area (Å²) in [5, 5.41) is 6.00. The molecular formula is C29H24IN3S2. The van der Waals surface area contributed by atoms with Gasteiger partial charge in [-0.15, -0.1) is 24.0 Å². The number of pyridine rings is 1. The van der Waals surface area contributed by atoms with Crippen molar-refractivity contribution in [3.63, 3.8) is 0 Å². The summed E-state index contributed by atoms with van der Waals surface area (Å²) in [5.41, 5.74) is 7.30. The average molecular weight is 606 g/mol. The summed E-state index contributed by atoms with van der Waals surface area (Å²) in [6.07, 6.45) is 6.50. The van der Waals surface area contributed by atoms with E-state index in [1.807, 2.05) is 30.1 Å². The van der Waals surface area contributed by atoms with Crippen molar-refractivity contribution in [3.8, 4) is 0 Å². The molecule has 1 unspecified atom stereocenters. The second-order valence-electron chi connectivity index (χ2n) is 8.19. The van der Waals surface area contributed by atoms with E-state index in [1.165, 1.54) is 33.0 Å². The zero-order valence-electron chi connectivity index (χ0n) is 19.1. The number of nitrogens with zero attached hydrogens (tertiary/aromatic N) is 2. The fourth-order valence-electron chi connectivity index (χ4n) is 4.35.